The van der Waals surface area contributed by atoms with Crippen molar-refractivity contribution < 1.29 is 4.52 Å². The predicted octanol–water partition coefficient (Wildman–Crippen LogP) is 0.547. The molecule has 19 heavy (non-hydrogen) atoms. The lowest BCUT2D eigenvalue weighted by Gasteiger charge is -2.06. The van der Waals surface area contributed by atoms with Crippen LogP contribution in [0, 0.1) is 6.92 Å². The molecule has 0 amide bonds. The highest BCUT2D eigenvalue weighted by atomic mass is 16.5. The second-order valence-electron chi connectivity index (χ2n) is 3.95. The minimum absolute atomic E-state index is 0.301. The second-order valence-corrected chi connectivity index (χ2v) is 3.95. The SMILES string of the molecule is Cc1cc(CNc2nc(NN)nc3[nH]ncc23)no1. The monoisotopic (exact) mass is 260 g/mol. The fraction of sp³-hybridized carbons (Fsp3) is 0.200. The Morgan fingerprint density at radius 3 is 3.05 bits per heavy atom. The van der Waals surface area contributed by atoms with Crippen molar-refractivity contribution in [3.63, 3.8) is 0 Å². The summed E-state index contributed by atoms with van der Waals surface area (Å²) in [5.41, 5.74) is 3.79. The topological polar surface area (TPSA) is 131 Å². The number of nitrogens with one attached hydrogen (secondary N) is 3. The van der Waals surface area contributed by atoms with Crippen LogP contribution in [-0.2, 0) is 6.54 Å². The van der Waals surface area contributed by atoms with Gasteiger partial charge in [0.1, 0.15) is 17.3 Å². The van der Waals surface area contributed by atoms with E-state index in [1.165, 1.54) is 0 Å². The smallest absolute Gasteiger partial charge is 0.241 e. The summed E-state index contributed by atoms with van der Waals surface area (Å²) < 4.78 is 5.00. The molecule has 3 rings (SSSR count). The van der Waals surface area contributed by atoms with Gasteiger partial charge in [0.25, 0.3) is 0 Å². The number of H-pyrrole nitrogens is 1. The zero-order chi connectivity index (χ0) is 13.2. The van der Waals surface area contributed by atoms with Crippen molar-refractivity contribution in [2.75, 3.05) is 10.7 Å². The van der Waals surface area contributed by atoms with Gasteiger partial charge in [0, 0.05) is 6.07 Å². The number of anilines is 2. The summed E-state index contributed by atoms with van der Waals surface area (Å²) in [5.74, 6) is 7.01. The summed E-state index contributed by atoms with van der Waals surface area (Å²) in [7, 11) is 0. The molecule has 98 valence electrons. The van der Waals surface area contributed by atoms with E-state index in [0.717, 1.165) is 16.8 Å². The average Bonchev–Trinajstić information content (AvgIpc) is 3.04. The highest BCUT2D eigenvalue weighted by molar-refractivity contribution is 5.86. The molecule has 0 saturated heterocycles. The lowest BCUT2D eigenvalue weighted by molar-refractivity contribution is 0.391. The Morgan fingerprint density at radius 2 is 2.32 bits per heavy atom. The molecule has 3 aromatic rings. The van der Waals surface area contributed by atoms with Gasteiger partial charge in [-0.1, -0.05) is 5.16 Å². The van der Waals surface area contributed by atoms with E-state index < -0.39 is 0 Å². The number of aromatic amines is 1. The lowest BCUT2D eigenvalue weighted by atomic mass is 10.3. The molecule has 0 aliphatic rings. The van der Waals surface area contributed by atoms with Crippen molar-refractivity contribution in [3.05, 3.63) is 23.7 Å². The third-order valence-corrected chi connectivity index (χ3v) is 2.55. The van der Waals surface area contributed by atoms with Gasteiger partial charge in [0.15, 0.2) is 5.65 Å². The summed E-state index contributed by atoms with van der Waals surface area (Å²) in [6, 6.07) is 1.85. The first kappa shape index (κ1) is 11.4. The molecule has 9 heteroatoms. The number of fused-ring (bicyclic) bond motifs is 1. The third kappa shape index (κ3) is 2.18. The van der Waals surface area contributed by atoms with Crippen LogP contribution in [0.5, 0.6) is 0 Å². The lowest BCUT2D eigenvalue weighted by Crippen LogP contribution is -2.12. The van der Waals surface area contributed by atoms with Crippen molar-refractivity contribution in [3.8, 4) is 0 Å². The number of nitrogen functional groups attached to an aromatic ring is 1. The zero-order valence-corrected chi connectivity index (χ0v) is 10.1. The Hall–Kier alpha value is -2.68. The first-order valence-corrected chi connectivity index (χ1v) is 5.60. The zero-order valence-electron chi connectivity index (χ0n) is 10.1. The number of rotatable bonds is 4. The molecule has 0 radical (unpaired) electrons. The van der Waals surface area contributed by atoms with Gasteiger partial charge < -0.3 is 9.84 Å². The fourth-order valence-corrected chi connectivity index (χ4v) is 1.71. The maximum Gasteiger partial charge on any atom is 0.241 e. The molecule has 5 N–H and O–H groups in total. The van der Waals surface area contributed by atoms with Crippen LogP contribution in [0.2, 0.25) is 0 Å². The van der Waals surface area contributed by atoms with Gasteiger partial charge in [-0.2, -0.15) is 15.1 Å². The quantitative estimate of drug-likeness (QED) is 0.395. The summed E-state index contributed by atoms with van der Waals surface area (Å²) >= 11 is 0. The molecule has 0 fully saturated rings. The Bertz CT molecular complexity index is 702. The molecule has 0 aliphatic carbocycles. The van der Waals surface area contributed by atoms with Crippen LogP contribution in [0.1, 0.15) is 11.5 Å². The Morgan fingerprint density at radius 1 is 1.42 bits per heavy atom. The van der Waals surface area contributed by atoms with Crippen molar-refractivity contribution in [2.45, 2.75) is 13.5 Å². The van der Waals surface area contributed by atoms with E-state index in [4.69, 9.17) is 10.4 Å². The predicted molar refractivity (Wildman–Crippen MR) is 68.1 cm³/mol. The molecule has 9 nitrogen and oxygen atoms in total. The standard InChI is InChI=1S/C10H12N8O/c1-5-2-6(18-19-5)3-12-8-7-4-13-17-9(7)15-10(14-8)16-11/h2,4H,3,11H2,1H3,(H3,12,13,14,15,16,17). The van der Waals surface area contributed by atoms with Gasteiger partial charge in [-0.3, -0.25) is 10.5 Å². The van der Waals surface area contributed by atoms with E-state index in [9.17, 15) is 0 Å². The molecule has 0 saturated carbocycles. The summed E-state index contributed by atoms with van der Waals surface area (Å²) in [6.07, 6.45) is 1.64. The Kier molecular flexibility index (Phi) is 2.72. The van der Waals surface area contributed by atoms with Gasteiger partial charge >= 0.3 is 0 Å². The van der Waals surface area contributed by atoms with Crippen LogP contribution in [0.15, 0.2) is 16.8 Å². The molecule has 0 spiro atoms. The summed E-state index contributed by atoms with van der Waals surface area (Å²) in [4.78, 5) is 8.37. The third-order valence-electron chi connectivity index (χ3n) is 2.55. The molecule has 0 aromatic carbocycles. The van der Waals surface area contributed by atoms with Gasteiger partial charge in [-0.25, -0.2) is 5.84 Å². The summed E-state index contributed by atoms with van der Waals surface area (Å²) in [5, 5.41) is 14.5. The second kappa shape index (κ2) is 4.53. The molecule has 3 aromatic heterocycles. The molecule has 3 heterocycles. The normalized spacial score (nSPS) is 10.8. The molecule has 0 bridgehead atoms. The Labute approximate surface area is 107 Å². The van der Waals surface area contributed by atoms with Crippen LogP contribution in [0.3, 0.4) is 0 Å². The maximum atomic E-state index is 5.32. The number of hydrogen-bond donors (Lipinski definition) is 4. The van der Waals surface area contributed by atoms with Gasteiger partial charge in [0.05, 0.1) is 18.1 Å². The highest BCUT2D eigenvalue weighted by Crippen LogP contribution is 2.20. The molecular weight excluding hydrogens is 248 g/mol. The van der Waals surface area contributed by atoms with Gasteiger partial charge in [-0.05, 0) is 6.92 Å². The molecule has 0 atom stereocenters. The number of nitrogens with zero attached hydrogens (tertiary/aromatic N) is 4. The fourth-order valence-electron chi connectivity index (χ4n) is 1.71. The van der Waals surface area contributed by atoms with Crippen LogP contribution < -0.4 is 16.6 Å². The molecule has 0 aliphatic heterocycles. The molecule has 0 unspecified atom stereocenters. The number of nitrogens with two attached hydrogens (primary N) is 1. The molecular formula is C10H12N8O. The maximum absolute atomic E-state index is 5.32. The van der Waals surface area contributed by atoms with E-state index in [2.05, 4.69) is 36.1 Å². The Balaban J connectivity index is 1.88. The number of hydrogen-bond acceptors (Lipinski definition) is 8. The number of aryl methyl sites for hydroxylation is 1. The van der Waals surface area contributed by atoms with E-state index in [1.807, 2.05) is 13.0 Å². The van der Waals surface area contributed by atoms with E-state index in [-0.39, 0.29) is 0 Å². The van der Waals surface area contributed by atoms with Crippen LogP contribution in [0.25, 0.3) is 11.0 Å². The first-order valence-electron chi connectivity index (χ1n) is 5.60. The van der Waals surface area contributed by atoms with Crippen molar-refractivity contribution >= 4 is 22.8 Å². The van der Waals surface area contributed by atoms with Crippen LogP contribution in [-0.4, -0.2) is 25.3 Å². The number of aromatic nitrogens is 5. The minimum atomic E-state index is 0.301. The van der Waals surface area contributed by atoms with Crippen LogP contribution in [0.4, 0.5) is 11.8 Å². The van der Waals surface area contributed by atoms with Crippen molar-refractivity contribution in [1.29, 1.82) is 0 Å². The van der Waals surface area contributed by atoms with Crippen molar-refractivity contribution in [2.24, 2.45) is 5.84 Å². The highest BCUT2D eigenvalue weighted by Gasteiger charge is 2.09. The average molecular weight is 260 g/mol. The van der Waals surface area contributed by atoms with Crippen molar-refractivity contribution in [1.82, 2.24) is 25.3 Å². The minimum Gasteiger partial charge on any atom is -0.364 e. The van der Waals surface area contributed by atoms with Gasteiger partial charge in [0.2, 0.25) is 5.95 Å². The van der Waals surface area contributed by atoms with Gasteiger partial charge in [-0.15, -0.1) is 0 Å². The summed E-state index contributed by atoms with van der Waals surface area (Å²) in [6.45, 7) is 2.32. The largest absolute Gasteiger partial charge is 0.364 e. The van der Waals surface area contributed by atoms with Crippen LogP contribution >= 0.6 is 0 Å². The van der Waals surface area contributed by atoms with E-state index in [0.29, 0.717) is 24.0 Å². The van der Waals surface area contributed by atoms with E-state index >= 15 is 0 Å². The number of hydrazine groups is 1. The first-order chi connectivity index (χ1) is 9.26. The van der Waals surface area contributed by atoms with E-state index in [1.54, 1.807) is 6.20 Å².